The molecule has 2 unspecified atom stereocenters. The van der Waals surface area contributed by atoms with Gasteiger partial charge in [-0.05, 0) is 43.5 Å². The van der Waals surface area contributed by atoms with Crippen LogP contribution in [0.4, 0.5) is 4.39 Å². The molecule has 8 heteroatoms. The van der Waals surface area contributed by atoms with Gasteiger partial charge in [-0.2, -0.15) is 0 Å². The smallest absolute Gasteiger partial charge is 0.273 e. The van der Waals surface area contributed by atoms with Crippen molar-refractivity contribution in [2.75, 3.05) is 27.2 Å². The number of likely N-dealkylation sites (tertiary alicyclic amines) is 1. The Hall–Kier alpha value is -2.74. The highest BCUT2D eigenvalue weighted by Gasteiger charge is 2.38. The minimum atomic E-state index is -0.366. The second-order valence-electron chi connectivity index (χ2n) is 9.08. The molecule has 7 nitrogen and oxygen atoms in total. The fourth-order valence-electron chi connectivity index (χ4n) is 4.88. The molecular formula is C24H31FN4O3. The zero-order valence-corrected chi connectivity index (χ0v) is 18.7. The first-order valence-corrected chi connectivity index (χ1v) is 11.4. The van der Waals surface area contributed by atoms with Crippen LogP contribution in [0.5, 0.6) is 0 Å². The third-order valence-electron chi connectivity index (χ3n) is 6.68. The standard InChI is InChI=1S/C24H31FN4O3/c1-28(2)24(31)19-15-29(18-6-4-3-5-7-18)13-12-20(19)26-23(30)21-14-22(32-27-21)16-8-10-17(25)11-9-16/h8-11,14,18-20H,3-7,12-13,15H2,1-2H3,(H,26,30). The summed E-state index contributed by atoms with van der Waals surface area (Å²) in [5, 5.41) is 6.91. The van der Waals surface area contributed by atoms with Crippen LogP contribution in [0.3, 0.4) is 0 Å². The van der Waals surface area contributed by atoms with E-state index in [4.69, 9.17) is 4.52 Å². The van der Waals surface area contributed by atoms with Crippen LogP contribution in [-0.4, -0.2) is 66.0 Å². The van der Waals surface area contributed by atoms with Crippen LogP contribution in [0.2, 0.25) is 0 Å². The predicted molar refractivity (Wildman–Crippen MR) is 118 cm³/mol. The molecule has 172 valence electrons. The Morgan fingerprint density at radius 1 is 1.12 bits per heavy atom. The number of amides is 2. The molecular weight excluding hydrogens is 411 g/mol. The van der Waals surface area contributed by atoms with Gasteiger partial charge >= 0.3 is 0 Å². The molecule has 1 aliphatic carbocycles. The summed E-state index contributed by atoms with van der Waals surface area (Å²) < 4.78 is 18.4. The third kappa shape index (κ3) is 5.01. The van der Waals surface area contributed by atoms with Gasteiger partial charge in [-0.15, -0.1) is 0 Å². The van der Waals surface area contributed by atoms with Crippen LogP contribution in [0.15, 0.2) is 34.9 Å². The lowest BCUT2D eigenvalue weighted by Crippen LogP contribution is -2.57. The molecule has 1 saturated heterocycles. The van der Waals surface area contributed by atoms with E-state index in [1.807, 2.05) is 0 Å². The molecule has 2 aromatic rings. The monoisotopic (exact) mass is 442 g/mol. The molecule has 1 aromatic carbocycles. The van der Waals surface area contributed by atoms with Gasteiger partial charge in [0.15, 0.2) is 11.5 Å². The maximum atomic E-state index is 13.2. The number of carbonyl (C=O) groups is 2. The first kappa shape index (κ1) is 22.5. The molecule has 2 aliphatic rings. The van der Waals surface area contributed by atoms with Gasteiger partial charge in [-0.25, -0.2) is 4.39 Å². The van der Waals surface area contributed by atoms with E-state index in [1.165, 1.54) is 44.2 Å². The Morgan fingerprint density at radius 3 is 2.53 bits per heavy atom. The summed E-state index contributed by atoms with van der Waals surface area (Å²) in [5.74, 6) is -0.587. The maximum Gasteiger partial charge on any atom is 0.273 e. The van der Waals surface area contributed by atoms with E-state index in [1.54, 1.807) is 37.2 Å². The normalized spacial score (nSPS) is 22.5. The van der Waals surface area contributed by atoms with Crippen LogP contribution >= 0.6 is 0 Å². The van der Waals surface area contributed by atoms with Gasteiger partial charge in [-0.1, -0.05) is 24.4 Å². The van der Waals surface area contributed by atoms with Gasteiger partial charge in [0.05, 0.1) is 5.92 Å². The molecule has 0 bridgehead atoms. The van der Waals surface area contributed by atoms with Crippen molar-refractivity contribution in [1.29, 1.82) is 0 Å². The van der Waals surface area contributed by atoms with Crippen molar-refractivity contribution in [2.45, 2.75) is 50.6 Å². The number of carbonyl (C=O) groups excluding carboxylic acids is 2. The number of benzene rings is 1. The van der Waals surface area contributed by atoms with Gasteiger partial charge in [0.25, 0.3) is 5.91 Å². The fourth-order valence-corrected chi connectivity index (χ4v) is 4.88. The number of hydrogen-bond acceptors (Lipinski definition) is 5. The molecule has 2 heterocycles. The first-order chi connectivity index (χ1) is 15.4. The van der Waals surface area contributed by atoms with E-state index < -0.39 is 0 Å². The van der Waals surface area contributed by atoms with E-state index in [2.05, 4.69) is 15.4 Å². The van der Waals surface area contributed by atoms with Crippen molar-refractivity contribution in [3.8, 4) is 11.3 Å². The Kier molecular flexibility index (Phi) is 6.89. The van der Waals surface area contributed by atoms with Crippen molar-refractivity contribution in [3.05, 3.63) is 41.8 Å². The number of aromatic nitrogens is 1. The molecule has 4 rings (SSSR count). The topological polar surface area (TPSA) is 78.7 Å². The Bertz CT molecular complexity index is 937. The van der Waals surface area contributed by atoms with E-state index in [9.17, 15) is 14.0 Å². The van der Waals surface area contributed by atoms with Crippen molar-refractivity contribution in [1.82, 2.24) is 20.3 Å². The summed E-state index contributed by atoms with van der Waals surface area (Å²) in [7, 11) is 3.51. The zero-order chi connectivity index (χ0) is 22.7. The summed E-state index contributed by atoms with van der Waals surface area (Å²) in [4.78, 5) is 29.9. The average Bonchev–Trinajstić information content (AvgIpc) is 3.30. The van der Waals surface area contributed by atoms with Crippen LogP contribution < -0.4 is 5.32 Å². The first-order valence-electron chi connectivity index (χ1n) is 11.4. The lowest BCUT2D eigenvalue weighted by atomic mass is 9.86. The Labute approximate surface area is 187 Å². The van der Waals surface area contributed by atoms with Gasteiger partial charge in [0.2, 0.25) is 5.91 Å². The van der Waals surface area contributed by atoms with Crippen LogP contribution in [0.1, 0.15) is 49.0 Å². The highest BCUT2D eigenvalue weighted by molar-refractivity contribution is 5.93. The van der Waals surface area contributed by atoms with Crippen molar-refractivity contribution in [3.63, 3.8) is 0 Å². The Balaban J connectivity index is 1.45. The summed E-state index contributed by atoms with van der Waals surface area (Å²) in [6, 6.07) is 7.62. The second-order valence-corrected chi connectivity index (χ2v) is 9.08. The predicted octanol–water partition coefficient (Wildman–Crippen LogP) is 3.32. The number of hydrogen-bond donors (Lipinski definition) is 1. The number of halogens is 1. The summed E-state index contributed by atoms with van der Waals surface area (Å²) in [5.41, 5.74) is 0.787. The highest BCUT2D eigenvalue weighted by atomic mass is 19.1. The number of nitrogens with one attached hydrogen (secondary N) is 1. The molecule has 0 radical (unpaired) electrons. The molecule has 1 aliphatic heterocycles. The number of piperidine rings is 1. The quantitative estimate of drug-likeness (QED) is 0.769. The lowest BCUT2D eigenvalue weighted by molar-refractivity contribution is -0.136. The minimum Gasteiger partial charge on any atom is -0.355 e. The fraction of sp³-hybridized carbons (Fsp3) is 0.542. The van der Waals surface area contributed by atoms with Gasteiger partial charge in [0, 0.05) is 50.9 Å². The second kappa shape index (κ2) is 9.81. The molecule has 1 N–H and O–H groups in total. The third-order valence-corrected chi connectivity index (χ3v) is 6.68. The minimum absolute atomic E-state index is 0.0305. The molecule has 1 saturated carbocycles. The van der Waals surface area contributed by atoms with E-state index in [0.29, 0.717) is 23.9 Å². The molecule has 1 aromatic heterocycles. The van der Waals surface area contributed by atoms with Gasteiger partial charge in [-0.3, -0.25) is 14.5 Å². The molecule has 32 heavy (non-hydrogen) atoms. The van der Waals surface area contributed by atoms with Crippen LogP contribution in [-0.2, 0) is 4.79 Å². The van der Waals surface area contributed by atoms with Crippen LogP contribution in [0, 0.1) is 11.7 Å². The lowest BCUT2D eigenvalue weighted by Gasteiger charge is -2.43. The van der Waals surface area contributed by atoms with Gasteiger partial charge < -0.3 is 14.7 Å². The SMILES string of the molecule is CN(C)C(=O)C1CN(C2CCCCC2)CCC1NC(=O)c1cc(-c2ccc(F)cc2)on1. The average molecular weight is 443 g/mol. The van der Waals surface area contributed by atoms with Crippen molar-refractivity contribution in [2.24, 2.45) is 5.92 Å². The van der Waals surface area contributed by atoms with E-state index in [0.717, 1.165) is 13.0 Å². The largest absolute Gasteiger partial charge is 0.355 e. The number of rotatable bonds is 5. The van der Waals surface area contributed by atoms with Crippen molar-refractivity contribution >= 4 is 11.8 Å². The molecule has 0 spiro atoms. The molecule has 2 amide bonds. The summed E-state index contributed by atoms with van der Waals surface area (Å²) >= 11 is 0. The Morgan fingerprint density at radius 2 is 1.84 bits per heavy atom. The maximum absolute atomic E-state index is 13.2. The highest BCUT2D eigenvalue weighted by Crippen LogP contribution is 2.28. The zero-order valence-electron chi connectivity index (χ0n) is 18.7. The summed E-state index contributed by atoms with van der Waals surface area (Å²) in [6.45, 7) is 1.53. The van der Waals surface area contributed by atoms with Crippen molar-refractivity contribution < 1.29 is 18.5 Å². The molecule has 2 atom stereocenters. The van der Waals surface area contributed by atoms with E-state index in [-0.39, 0.29) is 35.3 Å². The van der Waals surface area contributed by atoms with Gasteiger partial charge in [0.1, 0.15) is 5.82 Å². The number of nitrogens with zero attached hydrogens (tertiary/aromatic N) is 3. The van der Waals surface area contributed by atoms with Crippen LogP contribution in [0.25, 0.3) is 11.3 Å². The molecule has 2 fully saturated rings. The van der Waals surface area contributed by atoms with E-state index >= 15 is 0 Å². The summed E-state index contributed by atoms with van der Waals surface area (Å²) in [6.07, 6.45) is 6.87.